The molecule has 0 amide bonds. The highest BCUT2D eigenvalue weighted by Crippen LogP contribution is 2.15. The third-order valence-corrected chi connectivity index (χ3v) is 20.8. The molecule has 0 aliphatic heterocycles. The Morgan fingerprint density at radius 2 is 0.125 bits per heavy atom. The zero-order chi connectivity index (χ0) is 67.8. The fourth-order valence-electron chi connectivity index (χ4n) is 16.5. The molecule has 0 saturated carbocycles. The van der Waals surface area contributed by atoms with Crippen LogP contribution in [-0.4, -0.2) is 24.6 Å². The van der Waals surface area contributed by atoms with Crippen molar-refractivity contribution < 1.29 is 0 Å². The highest BCUT2D eigenvalue weighted by Gasteiger charge is 2.35. The van der Waals surface area contributed by atoms with Gasteiger partial charge in [-0.2, -0.15) is 87.4 Å². The van der Waals surface area contributed by atoms with Gasteiger partial charge in [-0.25, -0.2) is 0 Å². The molecule has 104 heavy (non-hydrogen) atoms. The summed E-state index contributed by atoms with van der Waals surface area (Å²) in [6.07, 6.45) is -4.86. The van der Waals surface area contributed by atoms with Crippen LogP contribution in [0.15, 0.2) is 485 Å². The topological polar surface area (TPSA) is 146 Å². The average Bonchev–Trinajstić information content (AvgIpc) is 0.763. The largest absolute Gasteiger partial charge is 0.369 e. The van der Waals surface area contributed by atoms with Gasteiger partial charge in [0.1, 0.15) is 24.6 Å². The average molecular weight is 1350 g/mol. The lowest BCUT2D eigenvalue weighted by Crippen LogP contribution is -2.74. The Morgan fingerprint density at radius 3 is 0.173 bits per heavy atom. The van der Waals surface area contributed by atoms with E-state index in [9.17, 15) is 0 Å². The van der Waals surface area contributed by atoms with Gasteiger partial charge in [-0.15, -0.1) is 0 Å². The summed E-state index contributed by atoms with van der Waals surface area (Å²) in [7, 11) is 0. The predicted molar refractivity (Wildman–Crippen MR) is 464 cm³/mol. The zero-order valence-electron chi connectivity index (χ0n) is 60.5. The first kappa shape index (κ1) is 75.8. The van der Waals surface area contributed by atoms with Crippen molar-refractivity contribution in [1.82, 2.24) is 24.6 Å². The maximum absolute atomic E-state index is 2.26. The standard InChI is InChI=1S/4C24H20B.4H3N/c4*1-5-13-21(14-6-1)25(22-15-7-2-8-16-22,23-17-9-3-10-18-23)24-19-11-4-12-20-24;;;;/h4*1-20H;4*1H3/q4*-1;;;;/p+4. The molecular formula is C96H96B4N4. The van der Waals surface area contributed by atoms with E-state index < -0.39 is 24.6 Å². The van der Waals surface area contributed by atoms with Crippen LogP contribution in [0.2, 0.25) is 0 Å². The Bertz CT molecular complexity index is 3690. The molecule has 0 bridgehead atoms. The SMILES string of the molecule is [NH4+].[NH4+].[NH4+].[NH4+].c1ccc([B-](c2ccccc2)(c2ccccc2)c2ccccc2)cc1.c1ccc([B-](c2ccccc2)(c2ccccc2)c2ccccc2)cc1.c1ccc([B-](c2ccccc2)(c2ccccc2)c2ccccc2)cc1.c1ccc([B-](c2ccccc2)(c2ccccc2)c2ccccc2)cc1. The second-order valence-corrected chi connectivity index (χ2v) is 26.0. The van der Waals surface area contributed by atoms with Crippen molar-refractivity contribution in [1.29, 1.82) is 0 Å². The van der Waals surface area contributed by atoms with Gasteiger partial charge in [0.05, 0.1) is 0 Å². The Balaban J connectivity index is 0.000000159. The van der Waals surface area contributed by atoms with Gasteiger partial charge in [0.2, 0.25) is 0 Å². The van der Waals surface area contributed by atoms with E-state index in [0.717, 1.165) is 0 Å². The quantitative estimate of drug-likeness (QED) is 0.0683. The van der Waals surface area contributed by atoms with Gasteiger partial charge in [0, 0.05) is 0 Å². The Labute approximate surface area is 617 Å². The molecule has 8 heteroatoms. The van der Waals surface area contributed by atoms with E-state index in [1.165, 1.54) is 87.4 Å². The van der Waals surface area contributed by atoms with Crippen LogP contribution in [0, 0.1) is 0 Å². The molecular weight excluding hydrogens is 1250 g/mol. The van der Waals surface area contributed by atoms with Crippen LogP contribution in [0.1, 0.15) is 0 Å². The summed E-state index contributed by atoms with van der Waals surface area (Å²) in [5.74, 6) is 0. The summed E-state index contributed by atoms with van der Waals surface area (Å²) in [6.45, 7) is 0. The molecule has 0 aliphatic rings. The first-order valence-corrected chi connectivity index (χ1v) is 35.2. The van der Waals surface area contributed by atoms with Crippen molar-refractivity contribution in [3.63, 3.8) is 0 Å². The Morgan fingerprint density at radius 1 is 0.0769 bits per heavy atom. The summed E-state index contributed by atoms with van der Waals surface area (Å²) in [4.78, 5) is 0. The van der Waals surface area contributed by atoms with E-state index in [0.29, 0.717) is 0 Å². The van der Waals surface area contributed by atoms with Gasteiger partial charge in [-0.3, -0.25) is 0 Å². The molecule has 0 unspecified atom stereocenters. The third kappa shape index (κ3) is 15.7. The van der Waals surface area contributed by atoms with Crippen molar-refractivity contribution >= 4 is 112 Å². The minimum absolute atomic E-state index is 0. The molecule has 16 aromatic carbocycles. The molecule has 512 valence electrons. The normalized spacial score (nSPS) is 10.8. The van der Waals surface area contributed by atoms with Crippen LogP contribution in [0.25, 0.3) is 0 Å². The van der Waals surface area contributed by atoms with Crippen LogP contribution < -0.4 is 112 Å². The fraction of sp³-hybridized carbons (Fsp3) is 0. The second kappa shape index (κ2) is 37.3. The van der Waals surface area contributed by atoms with Gasteiger partial charge in [-0.1, -0.05) is 485 Å². The van der Waals surface area contributed by atoms with Crippen LogP contribution in [0.3, 0.4) is 0 Å². The maximum atomic E-state index is 2.26. The summed E-state index contributed by atoms with van der Waals surface area (Å²) in [5.41, 5.74) is 21.4. The highest BCUT2D eigenvalue weighted by atomic mass is 14.1. The number of hydrogen-bond acceptors (Lipinski definition) is 0. The maximum Gasteiger partial charge on any atom is 0.108 e. The minimum atomic E-state index is -1.22. The van der Waals surface area contributed by atoms with E-state index >= 15 is 0 Å². The molecule has 0 aromatic heterocycles. The van der Waals surface area contributed by atoms with Crippen LogP contribution in [0.5, 0.6) is 0 Å². The van der Waals surface area contributed by atoms with Gasteiger partial charge < -0.3 is 24.6 Å². The van der Waals surface area contributed by atoms with E-state index in [2.05, 4.69) is 485 Å². The van der Waals surface area contributed by atoms with E-state index in [4.69, 9.17) is 0 Å². The number of quaternary nitrogens is 4. The summed E-state index contributed by atoms with van der Waals surface area (Å²) in [6, 6.07) is 174. The highest BCUT2D eigenvalue weighted by molar-refractivity contribution is 7.22. The number of rotatable bonds is 16. The van der Waals surface area contributed by atoms with Crippen molar-refractivity contribution in [3.8, 4) is 0 Å². The summed E-state index contributed by atoms with van der Waals surface area (Å²) in [5, 5.41) is 0. The van der Waals surface area contributed by atoms with Gasteiger partial charge in [0.25, 0.3) is 0 Å². The van der Waals surface area contributed by atoms with Crippen LogP contribution in [0.4, 0.5) is 0 Å². The van der Waals surface area contributed by atoms with E-state index in [1.54, 1.807) is 0 Å². The van der Waals surface area contributed by atoms with Gasteiger partial charge >= 0.3 is 0 Å². The molecule has 0 heterocycles. The Hall–Kier alpha value is -12.4. The lowest BCUT2D eigenvalue weighted by Gasteiger charge is -2.44. The summed E-state index contributed by atoms with van der Waals surface area (Å²) < 4.78 is 0. The molecule has 0 aliphatic carbocycles. The molecule has 0 fully saturated rings. The van der Waals surface area contributed by atoms with Crippen molar-refractivity contribution in [2.45, 2.75) is 0 Å². The molecule has 0 radical (unpaired) electrons. The van der Waals surface area contributed by atoms with Crippen LogP contribution >= 0.6 is 0 Å². The monoisotopic (exact) mass is 1350 g/mol. The first-order valence-electron chi connectivity index (χ1n) is 35.2. The van der Waals surface area contributed by atoms with Crippen molar-refractivity contribution in [2.75, 3.05) is 0 Å². The summed E-state index contributed by atoms with van der Waals surface area (Å²) >= 11 is 0. The van der Waals surface area contributed by atoms with Crippen molar-refractivity contribution in [2.24, 2.45) is 0 Å². The lowest BCUT2D eigenvalue weighted by atomic mass is 9.13. The second-order valence-electron chi connectivity index (χ2n) is 26.0. The molecule has 16 N–H and O–H groups in total. The number of hydrogen-bond donors (Lipinski definition) is 4. The zero-order valence-corrected chi connectivity index (χ0v) is 60.5. The van der Waals surface area contributed by atoms with E-state index in [1.807, 2.05) is 0 Å². The molecule has 16 aromatic rings. The molecule has 0 atom stereocenters. The smallest absolute Gasteiger partial charge is 0.108 e. The fourth-order valence-corrected chi connectivity index (χ4v) is 16.5. The Kier molecular flexibility index (Phi) is 27.2. The minimum Gasteiger partial charge on any atom is -0.369 e. The lowest BCUT2D eigenvalue weighted by molar-refractivity contribution is 1.66. The van der Waals surface area contributed by atoms with Crippen molar-refractivity contribution in [3.05, 3.63) is 485 Å². The molecule has 0 spiro atoms. The molecule has 16 rings (SSSR count). The van der Waals surface area contributed by atoms with E-state index in [-0.39, 0.29) is 24.6 Å². The third-order valence-electron chi connectivity index (χ3n) is 20.8. The predicted octanol–water partition coefficient (Wildman–Crippen LogP) is 13.8. The molecule has 4 nitrogen and oxygen atoms in total. The van der Waals surface area contributed by atoms with Gasteiger partial charge in [0.15, 0.2) is 0 Å². The van der Waals surface area contributed by atoms with Crippen LogP contribution in [-0.2, 0) is 0 Å². The first-order chi connectivity index (χ1) is 49.7. The van der Waals surface area contributed by atoms with Gasteiger partial charge in [-0.05, 0) is 0 Å². The molecule has 0 saturated heterocycles. The number of benzene rings is 16.